The average Bonchev–Trinajstić information content (AvgIpc) is 2.92. The van der Waals surface area contributed by atoms with Crippen molar-refractivity contribution in [2.75, 3.05) is 18.4 Å². The van der Waals surface area contributed by atoms with Crippen molar-refractivity contribution in [3.05, 3.63) is 24.0 Å². The van der Waals surface area contributed by atoms with E-state index in [1.165, 1.54) is 12.1 Å². The lowest BCUT2D eigenvalue weighted by atomic mass is 10.2. The van der Waals surface area contributed by atoms with E-state index in [1.807, 2.05) is 0 Å². The van der Waals surface area contributed by atoms with Gasteiger partial charge in [0.15, 0.2) is 0 Å². The van der Waals surface area contributed by atoms with Gasteiger partial charge < -0.3 is 10.2 Å². The number of primary sulfonamides is 1. The normalized spacial score (nSPS) is 16.8. The van der Waals surface area contributed by atoms with Gasteiger partial charge in [-0.25, -0.2) is 17.9 Å². The Kier molecular flexibility index (Phi) is 4.48. The van der Waals surface area contributed by atoms with Gasteiger partial charge in [-0.1, -0.05) is 0 Å². The lowest BCUT2D eigenvalue weighted by Gasteiger charge is -2.22. The van der Waals surface area contributed by atoms with Crippen LogP contribution < -0.4 is 10.5 Å². The standard InChI is InChI=1S/C13H18FN3O3S/c1-9(13(18)17-6-2-3-7-17)16-12-5-4-10(8-11(12)14)21(15,19)20/h4-5,8-9,16H,2-3,6-7H2,1H3,(H2,15,19,20). The molecule has 1 atom stereocenters. The number of carbonyl (C=O) groups excluding carboxylic acids is 1. The molecule has 1 aromatic rings. The fraction of sp³-hybridized carbons (Fsp3) is 0.462. The summed E-state index contributed by atoms with van der Waals surface area (Å²) in [5, 5.41) is 7.70. The Morgan fingerprint density at radius 1 is 1.38 bits per heavy atom. The Hall–Kier alpha value is -1.67. The number of nitrogens with two attached hydrogens (primary N) is 1. The van der Waals surface area contributed by atoms with Crippen LogP contribution in [0.4, 0.5) is 10.1 Å². The van der Waals surface area contributed by atoms with Crippen molar-refractivity contribution < 1.29 is 17.6 Å². The van der Waals surface area contributed by atoms with Gasteiger partial charge in [0, 0.05) is 13.1 Å². The number of nitrogens with zero attached hydrogens (tertiary/aromatic N) is 1. The molecular formula is C13H18FN3O3S. The van der Waals surface area contributed by atoms with Crippen LogP contribution in [0.3, 0.4) is 0 Å². The maximum atomic E-state index is 13.9. The van der Waals surface area contributed by atoms with Gasteiger partial charge in [-0.3, -0.25) is 4.79 Å². The first-order chi connectivity index (χ1) is 9.79. The van der Waals surface area contributed by atoms with Crippen LogP contribution in [-0.4, -0.2) is 38.4 Å². The highest BCUT2D eigenvalue weighted by Crippen LogP contribution is 2.20. The molecule has 1 saturated heterocycles. The van der Waals surface area contributed by atoms with E-state index in [1.54, 1.807) is 11.8 Å². The SMILES string of the molecule is CC(Nc1ccc(S(N)(=O)=O)cc1F)C(=O)N1CCCC1. The molecule has 8 heteroatoms. The first-order valence-corrected chi connectivity index (χ1v) is 8.21. The van der Waals surface area contributed by atoms with Crippen molar-refractivity contribution >= 4 is 21.6 Å². The average molecular weight is 315 g/mol. The number of halogens is 1. The maximum Gasteiger partial charge on any atom is 0.244 e. The molecule has 0 aliphatic carbocycles. The number of likely N-dealkylation sites (tertiary alicyclic amines) is 1. The van der Waals surface area contributed by atoms with Crippen LogP contribution in [0.1, 0.15) is 19.8 Å². The highest BCUT2D eigenvalue weighted by Gasteiger charge is 2.24. The quantitative estimate of drug-likeness (QED) is 0.863. The number of sulfonamides is 1. The van der Waals surface area contributed by atoms with Gasteiger partial charge in [0.25, 0.3) is 0 Å². The zero-order valence-corrected chi connectivity index (χ0v) is 12.5. The van der Waals surface area contributed by atoms with Gasteiger partial charge in [-0.05, 0) is 38.0 Å². The number of carbonyl (C=O) groups is 1. The van der Waals surface area contributed by atoms with Crippen LogP contribution in [0.2, 0.25) is 0 Å². The zero-order valence-electron chi connectivity index (χ0n) is 11.7. The van der Waals surface area contributed by atoms with Gasteiger partial charge in [0.1, 0.15) is 11.9 Å². The van der Waals surface area contributed by atoms with Crippen molar-refractivity contribution in [1.82, 2.24) is 4.90 Å². The lowest BCUT2D eigenvalue weighted by molar-refractivity contribution is -0.130. The van der Waals surface area contributed by atoms with E-state index < -0.39 is 21.9 Å². The molecule has 1 unspecified atom stereocenters. The van der Waals surface area contributed by atoms with Crippen LogP contribution in [0, 0.1) is 5.82 Å². The number of hydrogen-bond acceptors (Lipinski definition) is 4. The van der Waals surface area contributed by atoms with E-state index in [0.29, 0.717) is 0 Å². The van der Waals surface area contributed by atoms with Crippen molar-refractivity contribution in [2.45, 2.75) is 30.7 Å². The predicted octanol–water partition coefficient (Wildman–Crippen LogP) is 0.896. The second-order valence-corrected chi connectivity index (χ2v) is 6.65. The highest BCUT2D eigenvalue weighted by atomic mass is 32.2. The molecule has 6 nitrogen and oxygen atoms in total. The topological polar surface area (TPSA) is 92.5 Å². The number of hydrogen-bond donors (Lipinski definition) is 2. The molecule has 21 heavy (non-hydrogen) atoms. The summed E-state index contributed by atoms with van der Waals surface area (Å²) in [4.78, 5) is 13.5. The molecule has 1 amide bonds. The number of benzene rings is 1. The monoisotopic (exact) mass is 315 g/mol. The third-order valence-electron chi connectivity index (χ3n) is 3.43. The Labute approximate surface area is 123 Å². The molecule has 0 spiro atoms. The van der Waals surface area contributed by atoms with Crippen molar-refractivity contribution in [1.29, 1.82) is 0 Å². The maximum absolute atomic E-state index is 13.9. The molecule has 1 aromatic carbocycles. The third kappa shape index (κ3) is 3.70. The molecular weight excluding hydrogens is 297 g/mol. The third-order valence-corrected chi connectivity index (χ3v) is 4.34. The summed E-state index contributed by atoms with van der Waals surface area (Å²) >= 11 is 0. The summed E-state index contributed by atoms with van der Waals surface area (Å²) in [6.45, 7) is 3.09. The molecule has 1 heterocycles. The molecule has 1 fully saturated rings. The molecule has 0 bridgehead atoms. The molecule has 3 N–H and O–H groups in total. The molecule has 0 radical (unpaired) electrons. The minimum Gasteiger partial charge on any atom is -0.372 e. The van der Waals surface area contributed by atoms with E-state index in [2.05, 4.69) is 5.32 Å². The summed E-state index contributed by atoms with van der Waals surface area (Å²) < 4.78 is 36.1. The molecule has 2 rings (SSSR count). The van der Waals surface area contributed by atoms with E-state index in [-0.39, 0.29) is 16.5 Å². The number of nitrogens with one attached hydrogen (secondary N) is 1. The lowest BCUT2D eigenvalue weighted by Crippen LogP contribution is -2.39. The van der Waals surface area contributed by atoms with Gasteiger partial charge >= 0.3 is 0 Å². The summed E-state index contributed by atoms with van der Waals surface area (Å²) in [6.07, 6.45) is 1.96. The van der Waals surface area contributed by atoms with Crippen LogP contribution in [-0.2, 0) is 14.8 Å². The molecule has 1 aliphatic rings. The minimum atomic E-state index is -3.94. The van der Waals surface area contributed by atoms with Gasteiger partial charge in [-0.2, -0.15) is 0 Å². The highest BCUT2D eigenvalue weighted by molar-refractivity contribution is 7.89. The Morgan fingerprint density at radius 3 is 2.52 bits per heavy atom. The fourth-order valence-corrected chi connectivity index (χ4v) is 2.82. The van der Waals surface area contributed by atoms with Crippen molar-refractivity contribution in [3.63, 3.8) is 0 Å². The van der Waals surface area contributed by atoms with Gasteiger partial charge in [0.2, 0.25) is 15.9 Å². The van der Waals surface area contributed by atoms with E-state index in [9.17, 15) is 17.6 Å². The smallest absolute Gasteiger partial charge is 0.244 e. The molecule has 116 valence electrons. The largest absolute Gasteiger partial charge is 0.372 e. The first kappa shape index (κ1) is 15.7. The fourth-order valence-electron chi connectivity index (χ4n) is 2.30. The minimum absolute atomic E-state index is 0.0717. The zero-order chi connectivity index (χ0) is 15.6. The van der Waals surface area contributed by atoms with Crippen molar-refractivity contribution in [3.8, 4) is 0 Å². The van der Waals surface area contributed by atoms with Crippen LogP contribution in [0.15, 0.2) is 23.1 Å². The molecule has 1 aliphatic heterocycles. The van der Waals surface area contributed by atoms with Crippen LogP contribution in [0.25, 0.3) is 0 Å². The van der Waals surface area contributed by atoms with Gasteiger partial charge in [0.05, 0.1) is 10.6 Å². The van der Waals surface area contributed by atoms with E-state index in [4.69, 9.17) is 5.14 Å². The summed E-state index contributed by atoms with van der Waals surface area (Å²) in [5.41, 5.74) is 0.0717. The second-order valence-electron chi connectivity index (χ2n) is 5.09. The van der Waals surface area contributed by atoms with E-state index >= 15 is 0 Å². The number of amides is 1. The molecule has 0 saturated carbocycles. The Bertz CT molecular complexity index is 642. The van der Waals surface area contributed by atoms with Gasteiger partial charge in [-0.15, -0.1) is 0 Å². The van der Waals surface area contributed by atoms with E-state index in [0.717, 1.165) is 32.0 Å². The number of rotatable bonds is 4. The molecule has 0 aromatic heterocycles. The second kappa shape index (κ2) is 5.98. The summed E-state index contributed by atoms with van der Waals surface area (Å²) in [7, 11) is -3.94. The number of anilines is 1. The summed E-state index contributed by atoms with van der Waals surface area (Å²) in [5.74, 6) is -0.856. The predicted molar refractivity (Wildman–Crippen MR) is 76.7 cm³/mol. The Balaban J connectivity index is 2.10. The van der Waals surface area contributed by atoms with Crippen LogP contribution >= 0.6 is 0 Å². The summed E-state index contributed by atoms with van der Waals surface area (Å²) in [6, 6.07) is 2.72. The van der Waals surface area contributed by atoms with Crippen LogP contribution in [0.5, 0.6) is 0 Å². The first-order valence-electron chi connectivity index (χ1n) is 6.67. The van der Waals surface area contributed by atoms with Crippen molar-refractivity contribution in [2.24, 2.45) is 5.14 Å². The Morgan fingerprint density at radius 2 is 2.00 bits per heavy atom.